The van der Waals surface area contributed by atoms with E-state index in [1.807, 2.05) is 7.05 Å². The molecule has 0 aliphatic heterocycles. The number of anilines is 1. The average molecular weight is 216 g/mol. The molecule has 0 amide bonds. The molecule has 1 aliphatic rings. The van der Waals surface area contributed by atoms with E-state index >= 15 is 0 Å². The topological polar surface area (TPSA) is 42.7 Å². The Bertz CT molecular complexity index is 497. The molecule has 3 rings (SSSR count). The normalized spacial score (nSPS) is 17.1. The zero-order valence-corrected chi connectivity index (χ0v) is 9.48. The molecule has 0 atom stereocenters. The molecule has 0 spiro atoms. The van der Waals surface area contributed by atoms with E-state index in [1.165, 1.54) is 25.7 Å². The minimum absolute atomic E-state index is 0.636. The van der Waals surface area contributed by atoms with Crippen molar-refractivity contribution in [2.24, 2.45) is 0 Å². The fourth-order valence-corrected chi connectivity index (χ4v) is 2.65. The van der Waals surface area contributed by atoms with E-state index in [4.69, 9.17) is 0 Å². The Labute approximate surface area is 94.7 Å². The van der Waals surface area contributed by atoms with Gasteiger partial charge in [0, 0.05) is 19.3 Å². The van der Waals surface area contributed by atoms with E-state index in [0.29, 0.717) is 6.04 Å². The first-order valence-electron chi connectivity index (χ1n) is 5.89. The summed E-state index contributed by atoms with van der Waals surface area (Å²) in [6.45, 7) is 0. The number of rotatable bonds is 2. The van der Waals surface area contributed by atoms with Crippen molar-refractivity contribution in [2.75, 3.05) is 12.4 Å². The van der Waals surface area contributed by atoms with E-state index in [2.05, 4.69) is 32.1 Å². The van der Waals surface area contributed by atoms with Crippen molar-refractivity contribution in [2.45, 2.75) is 31.7 Å². The van der Waals surface area contributed by atoms with Crippen LogP contribution in [-0.2, 0) is 0 Å². The van der Waals surface area contributed by atoms with E-state index in [-0.39, 0.29) is 0 Å². The number of aromatic nitrogens is 3. The van der Waals surface area contributed by atoms with Crippen molar-refractivity contribution in [3.63, 3.8) is 0 Å². The number of nitrogens with one attached hydrogen (secondary N) is 1. The number of fused-ring (bicyclic) bond motifs is 1. The van der Waals surface area contributed by atoms with Gasteiger partial charge < -0.3 is 9.88 Å². The van der Waals surface area contributed by atoms with Crippen LogP contribution in [0.5, 0.6) is 0 Å². The van der Waals surface area contributed by atoms with Crippen molar-refractivity contribution in [3.8, 4) is 0 Å². The number of hydrogen-bond donors (Lipinski definition) is 1. The first kappa shape index (κ1) is 9.63. The Morgan fingerprint density at radius 2 is 2.12 bits per heavy atom. The second kappa shape index (κ2) is 3.77. The predicted molar refractivity (Wildman–Crippen MR) is 64.6 cm³/mol. The average Bonchev–Trinajstić information content (AvgIpc) is 2.96. The minimum Gasteiger partial charge on any atom is -0.372 e. The van der Waals surface area contributed by atoms with E-state index in [1.54, 1.807) is 6.33 Å². The molecule has 2 heterocycles. The lowest BCUT2D eigenvalue weighted by atomic mass is 10.2. The van der Waals surface area contributed by atoms with Gasteiger partial charge >= 0.3 is 0 Å². The summed E-state index contributed by atoms with van der Waals surface area (Å²) in [4.78, 5) is 8.64. The number of hydrogen-bond acceptors (Lipinski definition) is 3. The molecule has 0 aromatic carbocycles. The molecule has 0 unspecified atom stereocenters. The van der Waals surface area contributed by atoms with Crippen molar-refractivity contribution < 1.29 is 0 Å². The van der Waals surface area contributed by atoms with Gasteiger partial charge in [0.25, 0.3) is 0 Å². The van der Waals surface area contributed by atoms with Gasteiger partial charge in [-0.1, -0.05) is 12.8 Å². The Balaban J connectivity index is 2.12. The molecule has 0 saturated heterocycles. The molecule has 0 bridgehead atoms. The monoisotopic (exact) mass is 216 g/mol. The summed E-state index contributed by atoms with van der Waals surface area (Å²) >= 11 is 0. The van der Waals surface area contributed by atoms with Gasteiger partial charge in [-0.15, -0.1) is 0 Å². The van der Waals surface area contributed by atoms with E-state index < -0.39 is 0 Å². The third-order valence-corrected chi connectivity index (χ3v) is 3.46. The summed E-state index contributed by atoms with van der Waals surface area (Å²) in [7, 11) is 1.90. The highest BCUT2D eigenvalue weighted by Gasteiger charge is 2.19. The zero-order valence-electron chi connectivity index (χ0n) is 9.48. The van der Waals surface area contributed by atoms with Gasteiger partial charge in [-0.25, -0.2) is 9.97 Å². The third kappa shape index (κ3) is 1.37. The molecule has 84 valence electrons. The van der Waals surface area contributed by atoms with Gasteiger partial charge in [0.05, 0.1) is 5.39 Å². The summed E-state index contributed by atoms with van der Waals surface area (Å²) in [5, 5.41) is 4.23. The summed E-state index contributed by atoms with van der Waals surface area (Å²) in [5.41, 5.74) is 1.06. The van der Waals surface area contributed by atoms with Crippen LogP contribution in [0.2, 0.25) is 0 Å². The molecule has 1 fully saturated rings. The highest BCUT2D eigenvalue weighted by molar-refractivity contribution is 5.87. The van der Waals surface area contributed by atoms with Crippen LogP contribution < -0.4 is 5.32 Å². The number of nitrogens with zero attached hydrogens (tertiary/aromatic N) is 3. The van der Waals surface area contributed by atoms with Crippen molar-refractivity contribution in [1.82, 2.24) is 14.5 Å². The van der Waals surface area contributed by atoms with Gasteiger partial charge in [0.15, 0.2) is 0 Å². The Kier molecular flexibility index (Phi) is 2.27. The molecular formula is C12H16N4. The lowest BCUT2D eigenvalue weighted by molar-refractivity contribution is 0.532. The van der Waals surface area contributed by atoms with E-state index in [9.17, 15) is 0 Å². The minimum atomic E-state index is 0.636. The predicted octanol–water partition coefficient (Wildman–Crippen LogP) is 2.59. The maximum absolute atomic E-state index is 4.41. The van der Waals surface area contributed by atoms with E-state index in [0.717, 1.165) is 16.9 Å². The highest BCUT2D eigenvalue weighted by Crippen LogP contribution is 2.33. The van der Waals surface area contributed by atoms with Crippen molar-refractivity contribution in [1.29, 1.82) is 0 Å². The summed E-state index contributed by atoms with van der Waals surface area (Å²) in [6, 6.07) is 2.75. The zero-order chi connectivity index (χ0) is 11.0. The van der Waals surface area contributed by atoms with Gasteiger partial charge in [-0.2, -0.15) is 0 Å². The van der Waals surface area contributed by atoms with Crippen LogP contribution in [0.1, 0.15) is 31.7 Å². The lowest BCUT2D eigenvalue weighted by Crippen LogP contribution is -2.04. The second-order valence-electron chi connectivity index (χ2n) is 4.37. The summed E-state index contributed by atoms with van der Waals surface area (Å²) < 4.78 is 2.31. The van der Waals surface area contributed by atoms with Crippen LogP contribution in [0.15, 0.2) is 18.6 Å². The highest BCUT2D eigenvalue weighted by atomic mass is 15.1. The molecule has 2 aromatic rings. The maximum atomic E-state index is 4.41. The molecule has 2 aromatic heterocycles. The molecular weight excluding hydrogens is 200 g/mol. The smallest absolute Gasteiger partial charge is 0.145 e. The first-order chi connectivity index (χ1) is 7.90. The quantitative estimate of drug-likeness (QED) is 0.839. The van der Waals surface area contributed by atoms with Crippen LogP contribution >= 0.6 is 0 Å². The van der Waals surface area contributed by atoms with Crippen LogP contribution in [0.3, 0.4) is 0 Å². The molecule has 1 N–H and O–H groups in total. The van der Waals surface area contributed by atoms with Gasteiger partial charge in [-0.3, -0.25) is 0 Å². The van der Waals surface area contributed by atoms with Crippen molar-refractivity contribution >= 4 is 16.9 Å². The largest absolute Gasteiger partial charge is 0.372 e. The first-order valence-corrected chi connectivity index (χ1v) is 5.89. The summed E-state index contributed by atoms with van der Waals surface area (Å²) in [5.74, 6) is 0.918. The Morgan fingerprint density at radius 1 is 1.31 bits per heavy atom. The maximum Gasteiger partial charge on any atom is 0.145 e. The molecule has 1 aliphatic carbocycles. The van der Waals surface area contributed by atoms with Crippen LogP contribution in [0, 0.1) is 0 Å². The van der Waals surface area contributed by atoms with Gasteiger partial charge in [0.1, 0.15) is 17.8 Å². The fourth-order valence-electron chi connectivity index (χ4n) is 2.65. The van der Waals surface area contributed by atoms with Crippen LogP contribution in [-0.4, -0.2) is 21.6 Å². The molecule has 16 heavy (non-hydrogen) atoms. The SMILES string of the molecule is CNc1ncnc2c1ccn2C1CCCC1. The summed E-state index contributed by atoms with van der Waals surface area (Å²) in [6.07, 6.45) is 9.03. The second-order valence-corrected chi connectivity index (χ2v) is 4.37. The van der Waals surface area contributed by atoms with Gasteiger partial charge in [-0.05, 0) is 18.9 Å². The molecule has 4 heteroatoms. The molecule has 4 nitrogen and oxygen atoms in total. The molecule has 1 saturated carbocycles. The lowest BCUT2D eigenvalue weighted by Gasteiger charge is -2.12. The van der Waals surface area contributed by atoms with Crippen LogP contribution in [0.25, 0.3) is 11.0 Å². The Morgan fingerprint density at radius 3 is 2.88 bits per heavy atom. The fraction of sp³-hybridized carbons (Fsp3) is 0.500. The third-order valence-electron chi connectivity index (χ3n) is 3.46. The molecule has 0 radical (unpaired) electrons. The van der Waals surface area contributed by atoms with Gasteiger partial charge in [0.2, 0.25) is 0 Å². The Hall–Kier alpha value is -1.58. The van der Waals surface area contributed by atoms with Crippen molar-refractivity contribution in [3.05, 3.63) is 18.6 Å². The van der Waals surface area contributed by atoms with Crippen LogP contribution in [0.4, 0.5) is 5.82 Å². The standard InChI is InChI=1S/C12H16N4/c1-13-11-10-6-7-16(9-4-2-3-5-9)12(10)15-8-14-11/h6-9H,2-5H2,1H3,(H,13,14,15).